The van der Waals surface area contributed by atoms with Crippen molar-refractivity contribution in [3.05, 3.63) is 47.2 Å². The minimum atomic E-state index is -1.01. The number of hydrogen-bond acceptors (Lipinski definition) is 5. The smallest absolute Gasteiger partial charge is 0.305 e. The van der Waals surface area contributed by atoms with Gasteiger partial charge in [0.05, 0.1) is 29.9 Å². The summed E-state index contributed by atoms with van der Waals surface area (Å²) < 4.78 is 11.2. The second-order valence-corrected chi connectivity index (χ2v) is 5.82. The molecule has 0 radical (unpaired) electrons. The van der Waals surface area contributed by atoms with Crippen molar-refractivity contribution in [2.24, 2.45) is 0 Å². The van der Waals surface area contributed by atoms with Gasteiger partial charge in [-0.15, -0.1) is 0 Å². The first kappa shape index (κ1) is 19.5. The maximum absolute atomic E-state index is 11.3. The van der Waals surface area contributed by atoms with Crippen molar-refractivity contribution >= 4 is 29.7 Å². The van der Waals surface area contributed by atoms with Gasteiger partial charge < -0.3 is 19.5 Å². The fourth-order valence-electron chi connectivity index (χ4n) is 2.32. The zero-order valence-electron chi connectivity index (χ0n) is 14.4. The molecule has 1 atom stereocenters. The van der Waals surface area contributed by atoms with Gasteiger partial charge in [-0.25, -0.2) is 0 Å². The van der Waals surface area contributed by atoms with E-state index in [-0.39, 0.29) is 24.1 Å². The van der Waals surface area contributed by atoms with Crippen molar-refractivity contribution in [3.8, 4) is 11.5 Å². The summed E-state index contributed by atoms with van der Waals surface area (Å²) in [5, 5.41) is 9.08. The molecule has 26 heavy (non-hydrogen) atoms. The molecule has 1 aromatic carbocycles. The predicted molar refractivity (Wildman–Crippen MR) is 96.9 cm³/mol. The number of pyridine rings is 1. The number of ether oxygens (including phenoxy) is 2. The summed E-state index contributed by atoms with van der Waals surface area (Å²) in [6, 6.07) is 8.58. The third-order valence-electron chi connectivity index (χ3n) is 3.64. The van der Waals surface area contributed by atoms with Crippen LogP contribution < -0.4 is 14.4 Å². The fraction of sp³-hybridized carbons (Fsp3) is 0.278. The Morgan fingerprint density at radius 1 is 1.38 bits per heavy atom. The Morgan fingerprint density at radius 2 is 2.15 bits per heavy atom. The second kappa shape index (κ2) is 9.05. The Kier molecular flexibility index (Phi) is 6.80. The number of amides is 1. The number of benzene rings is 1. The minimum absolute atomic E-state index is 0.00390. The molecule has 1 aromatic heterocycles. The predicted octanol–water partition coefficient (Wildman–Crippen LogP) is 3.32. The van der Waals surface area contributed by atoms with Crippen LogP contribution in [0.3, 0.4) is 0 Å². The Morgan fingerprint density at radius 3 is 2.73 bits per heavy atom. The van der Waals surface area contributed by atoms with Gasteiger partial charge in [0.15, 0.2) is 0 Å². The molecular formula is C18H19ClN2O5. The molecule has 8 heteroatoms. The van der Waals surface area contributed by atoms with Crippen LogP contribution in [0.15, 0.2) is 36.5 Å². The summed E-state index contributed by atoms with van der Waals surface area (Å²) in [5.74, 6) is -0.296. The standard InChI is InChI=1S/C18H19ClN2O5/c1-12(14-5-3-4-7-20-14)26-16-10-17(25-2)15(9-13(16)19)21(11-22)8-6-18(23)24/h3-5,7,9-12H,6,8H2,1-2H3,(H,23,24)/t12-/m1/s1. The molecule has 1 N–H and O–H groups in total. The van der Waals surface area contributed by atoms with E-state index in [9.17, 15) is 9.59 Å². The Labute approximate surface area is 156 Å². The molecule has 0 bridgehead atoms. The van der Waals surface area contributed by atoms with Crippen LogP contribution >= 0.6 is 11.6 Å². The Bertz CT molecular complexity index is 770. The molecule has 0 aliphatic rings. The van der Waals surface area contributed by atoms with Gasteiger partial charge in [0.25, 0.3) is 0 Å². The quantitative estimate of drug-likeness (QED) is 0.673. The molecule has 2 aromatic rings. The third kappa shape index (κ3) is 4.86. The van der Waals surface area contributed by atoms with Gasteiger partial charge in [-0.05, 0) is 25.1 Å². The lowest BCUT2D eigenvalue weighted by atomic mass is 10.2. The van der Waals surface area contributed by atoms with Crippen LogP contribution in [-0.4, -0.2) is 36.1 Å². The molecule has 2 rings (SSSR count). The van der Waals surface area contributed by atoms with Crippen molar-refractivity contribution in [2.45, 2.75) is 19.4 Å². The number of carbonyl (C=O) groups is 2. The molecule has 0 saturated carbocycles. The first-order valence-corrected chi connectivity index (χ1v) is 8.23. The van der Waals surface area contributed by atoms with Crippen LogP contribution in [0.4, 0.5) is 5.69 Å². The van der Waals surface area contributed by atoms with Crippen LogP contribution in [0.25, 0.3) is 0 Å². The van der Waals surface area contributed by atoms with Crippen LogP contribution in [0.1, 0.15) is 25.1 Å². The second-order valence-electron chi connectivity index (χ2n) is 5.41. The monoisotopic (exact) mass is 378 g/mol. The average Bonchev–Trinajstić information content (AvgIpc) is 2.64. The maximum atomic E-state index is 11.3. The fourth-order valence-corrected chi connectivity index (χ4v) is 2.52. The Hall–Kier alpha value is -2.80. The molecule has 0 aliphatic carbocycles. The van der Waals surface area contributed by atoms with E-state index in [1.807, 2.05) is 25.1 Å². The lowest BCUT2D eigenvalue weighted by Gasteiger charge is -2.22. The number of aromatic nitrogens is 1. The molecule has 0 saturated heterocycles. The Balaban J connectivity index is 2.27. The molecule has 0 spiro atoms. The molecule has 0 aliphatic heterocycles. The third-order valence-corrected chi connectivity index (χ3v) is 3.94. The van der Waals surface area contributed by atoms with E-state index < -0.39 is 5.97 Å². The normalized spacial score (nSPS) is 11.5. The van der Waals surface area contributed by atoms with Gasteiger partial charge in [-0.1, -0.05) is 17.7 Å². The van der Waals surface area contributed by atoms with Crippen LogP contribution in [0, 0.1) is 0 Å². The lowest BCUT2D eigenvalue weighted by molar-refractivity contribution is -0.136. The van der Waals surface area contributed by atoms with E-state index >= 15 is 0 Å². The van der Waals surface area contributed by atoms with Crippen molar-refractivity contribution in [1.29, 1.82) is 0 Å². The first-order chi connectivity index (χ1) is 12.5. The van der Waals surface area contributed by atoms with Crippen molar-refractivity contribution in [3.63, 3.8) is 0 Å². The van der Waals surface area contributed by atoms with E-state index in [2.05, 4.69) is 4.98 Å². The molecule has 7 nitrogen and oxygen atoms in total. The molecule has 0 fully saturated rings. The van der Waals surface area contributed by atoms with E-state index in [1.165, 1.54) is 18.1 Å². The number of halogens is 1. The number of nitrogens with zero attached hydrogens (tertiary/aromatic N) is 2. The maximum Gasteiger partial charge on any atom is 0.305 e. The average molecular weight is 379 g/mol. The lowest BCUT2D eigenvalue weighted by Crippen LogP contribution is -2.24. The van der Waals surface area contributed by atoms with Crippen molar-refractivity contribution < 1.29 is 24.2 Å². The number of carboxylic acid groups (broad SMARTS) is 1. The highest BCUT2D eigenvalue weighted by molar-refractivity contribution is 6.32. The summed E-state index contributed by atoms with van der Waals surface area (Å²) in [6.45, 7) is 1.83. The van der Waals surface area contributed by atoms with Gasteiger partial charge in [0, 0.05) is 18.8 Å². The molecular weight excluding hydrogens is 360 g/mol. The number of carboxylic acids is 1. The zero-order valence-corrected chi connectivity index (χ0v) is 15.1. The van der Waals surface area contributed by atoms with Gasteiger partial charge in [-0.3, -0.25) is 14.6 Å². The summed E-state index contributed by atoms with van der Waals surface area (Å²) in [5.41, 5.74) is 1.11. The highest BCUT2D eigenvalue weighted by Crippen LogP contribution is 2.39. The molecule has 1 amide bonds. The van der Waals surface area contributed by atoms with Gasteiger partial charge in [-0.2, -0.15) is 0 Å². The van der Waals surface area contributed by atoms with Gasteiger partial charge in [0.2, 0.25) is 6.41 Å². The molecule has 0 unspecified atom stereocenters. The number of aliphatic carboxylic acids is 1. The van der Waals surface area contributed by atoms with Gasteiger partial charge in [0.1, 0.15) is 17.6 Å². The minimum Gasteiger partial charge on any atom is -0.494 e. The summed E-state index contributed by atoms with van der Waals surface area (Å²) in [4.78, 5) is 27.6. The summed E-state index contributed by atoms with van der Waals surface area (Å²) in [6.07, 6.45) is 1.66. The van der Waals surface area contributed by atoms with Crippen molar-refractivity contribution in [2.75, 3.05) is 18.6 Å². The van der Waals surface area contributed by atoms with E-state index in [1.54, 1.807) is 12.3 Å². The van der Waals surface area contributed by atoms with Gasteiger partial charge >= 0.3 is 5.97 Å². The number of anilines is 1. The number of rotatable bonds is 9. The van der Waals surface area contributed by atoms with E-state index in [0.717, 1.165) is 5.69 Å². The number of methoxy groups -OCH3 is 1. The van der Waals surface area contributed by atoms with E-state index in [4.69, 9.17) is 26.2 Å². The zero-order chi connectivity index (χ0) is 19.1. The van der Waals surface area contributed by atoms with Crippen LogP contribution in [-0.2, 0) is 9.59 Å². The topological polar surface area (TPSA) is 89.0 Å². The highest BCUT2D eigenvalue weighted by Gasteiger charge is 2.18. The summed E-state index contributed by atoms with van der Waals surface area (Å²) >= 11 is 6.29. The highest BCUT2D eigenvalue weighted by atomic mass is 35.5. The summed E-state index contributed by atoms with van der Waals surface area (Å²) in [7, 11) is 1.44. The van der Waals surface area contributed by atoms with Crippen molar-refractivity contribution in [1.82, 2.24) is 4.98 Å². The first-order valence-electron chi connectivity index (χ1n) is 7.85. The van der Waals surface area contributed by atoms with E-state index in [0.29, 0.717) is 23.6 Å². The molecule has 138 valence electrons. The van der Waals surface area contributed by atoms with Crippen LogP contribution in [0.2, 0.25) is 5.02 Å². The SMILES string of the molecule is COc1cc(O[C@H](C)c2ccccn2)c(Cl)cc1N(C=O)CCC(=O)O. The van der Waals surface area contributed by atoms with Crippen LogP contribution in [0.5, 0.6) is 11.5 Å². The number of hydrogen-bond donors (Lipinski definition) is 1. The number of carbonyl (C=O) groups excluding carboxylic acids is 1. The molecule has 1 heterocycles. The largest absolute Gasteiger partial charge is 0.494 e.